The predicted octanol–water partition coefficient (Wildman–Crippen LogP) is 0.490. The number of amides is 1. The number of ether oxygens (including phenoxy) is 1. The fraction of sp³-hybridized carbons (Fsp3) is 0.714. The van der Waals surface area contributed by atoms with Gasteiger partial charge in [-0.2, -0.15) is 0 Å². The van der Waals surface area contributed by atoms with Crippen LogP contribution in [0.25, 0.3) is 0 Å². The van der Waals surface area contributed by atoms with Gasteiger partial charge in [-0.15, -0.1) is 6.58 Å². The van der Waals surface area contributed by atoms with Crippen LogP contribution in [-0.4, -0.2) is 60.8 Å². The molecule has 0 aromatic rings. The molecule has 1 aliphatic heterocycles. The average Bonchev–Trinajstić information content (AvgIpc) is 2.89. The van der Waals surface area contributed by atoms with Gasteiger partial charge < -0.3 is 15.2 Å². The Morgan fingerprint density at radius 3 is 2.90 bits per heavy atom. The van der Waals surface area contributed by atoms with E-state index >= 15 is 0 Å². The largest absolute Gasteiger partial charge is 0.481 e. The molecule has 1 amide bonds. The molecule has 1 rings (SSSR count). The van der Waals surface area contributed by atoms with Crippen molar-refractivity contribution in [2.24, 2.45) is 5.92 Å². The first-order valence-corrected chi connectivity index (χ1v) is 6.97. The molecule has 1 saturated heterocycles. The molecule has 20 heavy (non-hydrogen) atoms. The summed E-state index contributed by atoms with van der Waals surface area (Å²) in [6, 6.07) is 0. The molecule has 1 heterocycles. The van der Waals surface area contributed by atoms with Gasteiger partial charge in [-0.25, -0.2) is 0 Å². The van der Waals surface area contributed by atoms with Crippen LogP contribution in [0, 0.1) is 5.92 Å². The van der Waals surface area contributed by atoms with Gasteiger partial charge >= 0.3 is 5.97 Å². The van der Waals surface area contributed by atoms with Crippen LogP contribution < -0.4 is 5.32 Å². The van der Waals surface area contributed by atoms with Crippen LogP contribution in [0.5, 0.6) is 0 Å². The van der Waals surface area contributed by atoms with Crippen molar-refractivity contribution >= 4 is 11.9 Å². The van der Waals surface area contributed by atoms with Crippen molar-refractivity contribution < 1.29 is 19.4 Å². The molecule has 0 aromatic carbocycles. The lowest BCUT2D eigenvalue weighted by molar-refractivity contribution is -0.142. The SMILES string of the molecule is C=CCN(CC(=O)NCC1CCCO1)CC(C)C(=O)O. The Balaban J connectivity index is 2.33. The van der Waals surface area contributed by atoms with Crippen molar-refractivity contribution in [2.75, 3.05) is 32.8 Å². The topological polar surface area (TPSA) is 78.9 Å². The van der Waals surface area contributed by atoms with Crippen molar-refractivity contribution in [1.82, 2.24) is 10.2 Å². The molecule has 1 aliphatic rings. The summed E-state index contributed by atoms with van der Waals surface area (Å²) in [4.78, 5) is 24.5. The number of rotatable bonds is 9. The summed E-state index contributed by atoms with van der Waals surface area (Å²) >= 11 is 0. The summed E-state index contributed by atoms with van der Waals surface area (Å²) < 4.78 is 5.43. The molecule has 0 aromatic heterocycles. The summed E-state index contributed by atoms with van der Waals surface area (Å²) in [5.41, 5.74) is 0. The second kappa shape index (κ2) is 8.71. The first-order chi connectivity index (χ1) is 9.52. The van der Waals surface area contributed by atoms with Crippen LogP contribution in [0.3, 0.4) is 0 Å². The molecular weight excluding hydrogens is 260 g/mol. The Morgan fingerprint density at radius 2 is 2.35 bits per heavy atom. The van der Waals surface area contributed by atoms with Crippen molar-refractivity contribution in [3.63, 3.8) is 0 Å². The quantitative estimate of drug-likeness (QED) is 0.602. The van der Waals surface area contributed by atoms with E-state index < -0.39 is 11.9 Å². The van der Waals surface area contributed by atoms with Crippen LogP contribution in [0.2, 0.25) is 0 Å². The number of hydrogen-bond donors (Lipinski definition) is 2. The molecule has 6 nitrogen and oxygen atoms in total. The number of carboxylic acid groups (broad SMARTS) is 1. The minimum Gasteiger partial charge on any atom is -0.481 e. The summed E-state index contributed by atoms with van der Waals surface area (Å²) in [5.74, 6) is -1.49. The van der Waals surface area contributed by atoms with Crippen LogP contribution >= 0.6 is 0 Å². The van der Waals surface area contributed by atoms with Gasteiger partial charge in [0.1, 0.15) is 0 Å². The molecule has 0 aliphatic carbocycles. The second-order valence-electron chi connectivity index (χ2n) is 5.16. The van der Waals surface area contributed by atoms with E-state index in [-0.39, 0.29) is 18.6 Å². The monoisotopic (exact) mass is 284 g/mol. The smallest absolute Gasteiger partial charge is 0.307 e. The minimum atomic E-state index is -0.862. The normalized spacial score (nSPS) is 19.8. The zero-order valence-corrected chi connectivity index (χ0v) is 12.0. The maximum absolute atomic E-state index is 11.8. The Hall–Kier alpha value is -1.40. The molecule has 1 fully saturated rings. The van der Waals surface area contributed by atoms with Gasteiger partial charge in [-0.3, -0.25) is 14.5 Å². The first kappa shape index (κ1) is 16.7. The molecule has 0 radical (unpaired) electrons. The molecule has 114 valence electrons. The Labute approximate surface area is 119 Å². The Kier molecular flexibility index (Phi) is 7.25. The maximum Gasteiger partial charge on any atom is 0.307 e. The lowest BCUT2D eigenvalue weighted by Gasteiger charge is -2.22. The van der Waals surface area contributed by atoms with E-state index in [0.29, 0.717) is 19.6 Å². The third-order valence-electron chi connectivity index (χ3n) is 3.26. The van der Waals surface area contributed by atoms with Gasteiger partial charge in [0.05, 0.1) is 18.6 Å². The highest BCUT2D eigenvalue weighted by Crippen LogP contribution is 2.10. The van der Waals surface area contributed by atoms with Gasteiger partial charge in [0.2, 0.25) is 5.91 Å². The zero-order valence-electron chi connectivity index (χ0n) is 12.0. The molecular formula is C14H24N2O4. The fourth-order valence-electron chi connectivity index (χ4n) is 2.14. The van der Waals surface area contributed by atoms with E-state index in [0.717, 1.165) is 19.4 Å². The molecule has 2 N–H and O–H groups in total. The van der Waals surface area contributed by atoms with Gasteiger partial charge in [-0.1, -0.05) is 13.0 Å². The van der Waals surface area contributed by atoms with Gasteiger partial charge in [-0.05, 0) is 12.8 Å². The van der Waals surface area contributed by atoms with Crippen molar-refractivity contribution in [3.8, 4) is 0 Å². The van der Waals surface area contributed by atoms with Gasteiger partial charge in [0.15, 0.2) is 0 Å². The van der Waals surface area contributed by atoms with Crippen LogP contribution in [-0.2, 0) is 14.3 Å². The number of nitrogens with zero attached hydrogens (tertiary/aromatic N) is 1. The predicted molar refractivity (Wildman–Crippen MR) is 75.4 cm³/mol. The number of aliphatic carboxylic acids is 1. The molecule has 0 bridgehead atoms. The van der Waals surface area contributed by atoms with E-state index in [4.69, 9.17) is 9.84 Å². The number of carbonyl (C=O) groups excluding carboxylic acids is 1. The van der Waals surface area contributed by atoms with E-state index in [2.05, 4.69) is 11.9 Å². The van der Waals surface area contributed by atoms with E-state index in [1.165, 1.54) is 0 Å². The summed E-state index contributed by atoms with van der Waals surface area (Å²) in [6.45, 7) is 7.54. The van der Waals surface area contributed by atoms with Crippen molar-refractivity contribution in [3.05, 3.63) is 12.7 Å². The standard InChI is InChI=1S/C14H24N2O4/c1-3-6-16(9-11(2)14(18)19)10-13(17)15-8-12-5-4-7-20-12/h3,11-12H,1,4-10H2,2H3,(H,15,17)(H,18,19). The molecule has 6 heteroatoms. The lowest BCUT2D eigenvalue weighted by atomic mass is 10.1. The molecule has 2 unspecified atom stereocenters. The third kappa shape index (κ3) is 6.16. The maximum atomic E-state index is 11.8. The molecule has 0 saturated carbocycles. The number of carboxylic acids is 1. The highest BCUT2D eigenvalue weighted by Gasteiger charge is 2.19. The van der Waals surface area contributed by atoms with Crippen LogP contribution in [0.15, 0.2) is 12.7 Å². The fourth-order valence-corrected chi connectivity index (χ4v) is 2.14. The second-order valence-corrected chi connectivity index (χ2v) is 5.16. The lowest BCUT2D eigenvalue weighted by Crippen LogP contribution is -2.42. The minimum absolute atomic E-state index is 0.111. The average molecular weight is 284 g/mol. The summed E-state index contributed by atoms with van der Waals surface area (Å²) in [6.07, 6.45) is 3.80. The van der Waals surface area contributed by atoms with Crippen LogP contribution in [0.4, 0.5) is 0 Å². The Morgan fingerprint density at radius 1 is 1.60 bits per heavy atom. The van der Waals surface area contributed by atoms with Crippen LogP contribution in [0.1, 0.15) is 19.8 Å². The summed E-state index contributed by atoms with van der Waals surface area (Å²) in [7, 11) is 0. The molecule has 0 spiro atoms. The first-order valence-electron chi connectivity index (χ1n) is 6.97. The number of carbonyl (C=O) groups is 2. The van der Waals surface area contributed by atoms with Gasteiger partial charge in [0, 0.05) is 26.2 Å². The Bertz CT molecular complexity index is 340. The highest BCUT2D eigenvalue weighted by atomic mass is 16.5. The van der Waals surface area contributed by atoms with E-state index in [1.54, 1.807) is 17.9 Å². The van der Waals surface area contributed by atoms with E-state index in [1.807, 2.05) is 0 Å². The molecule has 2 atom stereocenters. The van der Waals surface area contributed by atoms with E-state index in [9.17, 15) is 9.59 Å². The van der Waals surface area contributed by atoms with Crippen molar-refractivity contribution in [1.29, 1.82) is 0 Å². The summed E-state index contributed by atoms with van der Waals surface area (Å²) in [5, 5.41) is 11.7. The van der Waals surface area contributed by atoms with Crippen molar-refractivity contribution in [2.45, 2.75) is 25.9 Å². The number of nitrogens with one attached hydrogen (secondary N) is 1. The zero-order chi connectivity index (χ0) is 15.0. The van der Waals surface area contributed by atoms with Gasteiger partial charge in [0.25, 0.3) is 0 Å². The highest BCUT2D eigenvalue weighted by molar-refractivity contribution is 5.78. The third-order valence-corrected chi connectivity index (χ3v) is 3.26. The number of hydrogen-bond acceptors (Lipinski definition) is 4.